The molecule has 1 atom stereocenters. The summed E-state index contributed by atoms with van der Waals surface area (Å²) in [4.78, 5) is 26.6. The van der Waals surface area contributed by atoms with Crippen molar-refractivity contribution < 1.29 is 22.4 Å². The third kappa shape index (κ3) is 4.66. The average molecular weight is 396 g/mol. The van der Waals surface area contributed by atoms with Crippen LogP contribution in [0.2, 0.25) is 0 Å². The number of halogens is 1. The highest BCUT2D eigenvalue weighted by Crippen LogP contribution is 2.32. The van der Waals surface area contributed by atoms with Gasteiger partial charge in [0.15, 0.2) is 9.84 Å². The highest BCUT2D eigenvalue weighted by molar-refractivity contribution is 7.91. The van der Waals surface area contributed by atoms with E-state index in [4.69, 9.17) is 0 Å². The van der Waals surface area contributed by atoms with Crippen molar-refractivity contribution in [3.05, 3.63) is 30.1 Å². The van der Waals surface area contributed by atoms with E-state index in [1.165, 1.54) is 12.1 Å². The molecule has 1 unspecified atom stereocenters. The molecule has 2 fully saturated rings. The minimum atomic E-state index is -3.04. The van der Waals surface area contributed by atoms with Gasteiger partial charge in [0.2, 0.25) is 11.8 Å². The Bertz CT molecular complexity index is 819. The number of hydrogen-bond acceptors (Lipinski definition) is 4. The summed E-state index contributed by atoms with van der Waals surface area (Å²) in [6.45, 7) is 0. The summed E-state index contributed by atoms with van der Waals surface area (Å²) in [5, 5.41) is 2.62. The first-order valence-electron chi connectivity index (χ1n) is 9.29. The highest BCUT2D eigenvalue weighted by Gasteiger charge is 2.37. The summed E-state index contributed by atoms with van der Waals surface area (Å²) in [6.07, 6.45) is 2.78. The number of carbonyl (C=O) groups excluding carboxylic acids is 2. The number of hydrogen-bond donors (Lipinski definition) is 1. The van der Waals surface area contributed by atoms with Crippen LogP contribution in [0, 0.1) is 17.7 Å². The first-order chi connectivity index (χ1) is 12.8. The maximum Gasteiger partial charge on any atom is 0.227 e. The Balaban J connectivity index is 1.51. The molecule has 1 aromatic rings. The Morgan fingerprint density at radius 1 is 1.07 bits per heavy atom. The van der Waals surface area contributed by atoms with Crippen LogP contribution in [0.4, 0.5) is 10.1 Å². The number of nitrogens with one attached hydrogen (secondary N) is 1. The molecule has 8 heteroatoms. The van der Waals surface area contributed by atoms with Gasteiger partial charge in [-0.05, 0) is 44.2 Å². The quantitative estimate of drug-likeness (QED) is 0.846. The molecular weight excluding hydrogens is 371 g/mol. The van der Waals surface area contributed by atoms with Gasteiger partial charge in [-0.2, -0.15) is 0 Å². The molecule has 3 rings (SSSR count). The van der Waals surface area contributed by atoms with Gasteiger partial charge in [0.25, 0.3) is 0 Å². The van der Waals surface area contributed by atoms with Gasteiger partial charge in [-0.1, -0.05) is 12.1 Å². The Morgan fingerprint density at radius 2 is 1.70 bits per heavy atom. The SMILES string of the molecule is CN(C(=O)C1CCC(C(=O)Nc2ccccc2F)CC1)C1CCS(=O)(=O)C1. The predicted molar refractivity (Wildman–Crippen MR) is 100 cm³/mol. The lowest BCUT2D eigenvalue weighted by Gasteiger charge is -2.32. The van der Waals surface area contributed by atoms with Gasteiger partial charge < -0.3 is 10.2 Å². The molecule has 1 N–H and O–H groups in total. The molecule has 1 saturated carbocycles. The van der Waals surface area contributed by atoms with Crippen LogP contribution in [0.3, 0.4) is 0 Å². The highest BCUT2D eigenvalue weighted by atomic mass is 32.2. The lowest BCUT2D eigenvalue weighted by atomic mass is 9.80. The number of para-hydroxylation sites is 1. The second-order valence-electron chi connectivity index (χ2n) is 7.52. The summed E-state index contributed by atoms with van der Waals surface area (Å²) < 4.78 is 36.9. The van der Waals surface area contributed by atoms with E-state index in [0.29, 0.717) is 32.1 Å². The van der Waals surface area contributed by atoms with Crippen LogP contribution >= 0.6 is 0 Å². The summed E-state index contributed by atoms with van der Waals surface area (Å²) in [5.74, 6) is -0.982. The molecule has 27 heavy (non-hydrogen) atoms. The lowest BCUT2D eigenvalue weighted by molar-refractivity contribution is -0.138. The van der Waals surface area contributed by atoms with Crippen molar-refractivity contribution in [2.24, 2.45) is 11.8 Å². The average Bonchev–Trinajstić information content (AvgIpc) is 3.02. The van der Waals surface area contributed by atoms with Crippen LogP contribution in [0.15, 0.2) is 24.3 Å². The van der Waals surface area contributed by atoms with Gasteiger partial charge in [0, 0.05) is 24.9 Å². The van der Waals surface area contributed by atoms with Crippen LogP contribution in [-0.2, 0) is 19.4 Å². The van der Waals surface area contributed by atoms with Crippen molar-refractivity contribution in [1.82, 2.24) is 4.90 Å². The van der Waals surface area contributed by atoms with Crippen LogP contribution < -0.4 is 5.32 Å². The Kier molecular flexibility index (Phi) is 5.83. The first-order valence-corrected chi connectivity index (χ1v) is 11.1. The van der Waals surface area contributed by atoms with Crippen LogP contribution in [-0.4, -0.2) is 49.7 Å². The second kappa shape index (κ2) is 7.96. The summed E-state index contributed by atoms with van der Waals surface area (Å²) in [7, 11) is -1.36. The summed E-state index contributed by atoms with van der Waals surface area (Å²) in [5.41, 5.74) is 0.169. The van der Waals surface area contributed by atoms with E-state index in [2.05, 4.69) is 5.32 Å². The fraction of sp³-hybridized carbons (Fsp3) is 0.579. The van der Waals surface area contributed by atoms with Crippen molar-refractivity contribution in [2.45, 2.75) is 38.1 Å². The fourth-order valence-electron chi connectivity index (χ4n) is 3.95. The maximum absolute atomic E-state index is 13.7. The van der Waals surface area contributed by atoms with Crippen molar-refractivity contribution in [1.29, 1.82) is 0 Å². The molecule has 0 bridgehead atoms. The Labute approximate surface area is 159 Å². The molecule has 1 aliphatic carbocycles. The van der Waals surface area contributed by atoms with Crippen molar-refractivity contribution >= 4 is 27.3 Å². The van der Waals surface area contributed by atoms with E-state index in [1.54, 1.807) is 24.1 Å². The third-order valence-corrected chi connectivity index (χ3v) is 7.43. The zero-order valence-corrected chi connectivity index (χ0v) is 16.2. The minimum absolute atomic E-state index is 0.0370. The largest absolute Gasteiger partial charge is 0.341 e. The molecule has 1 heterocycles. The minimum Gasteiger partial charge on any atom is -0.341 e. The maximum atomic E-state index is 13.7. The molecule has 1 aliphatic heterocycles. The number of sulfone groups is 1. The third-order valence-electron chi connectivity index (χ3n) is 5.68. The lowest BCUT2D eigenvalue weighted by Crippen LogP contribution is -2.42. The van der Waals surface area contributed by atoms with Gasteiger partial charge in [-0.15, -0.1) is 0 Å². The smallest absolute Gasteiger partial charge is 0.227 e. The van der Waals surface area contributed by atoms with Crippen molar-refractivity contribution in [3.63, 3.8) is 0 Å². The van der Waals surface area contributed by atoms with Crippen LogP contribution in [0.5, 0.6) is 0 Å². The molecular formula is C19H25FN2O4S. The van der Waals surface area contributed by atoms with E-state index in [1.807, 2.05) is 0 Å². The number of carbonyl (C=O) groups is 2. The Morgan fingerprint density at radius 3 is 2.30 bits per heavy atom. The molecule has 1 saturated heterocycles. The van der Waals surface area contributed by atoms with Crippen LogP contribution in [0.1, 0.15) is 32.1 Å². The first kappa shape index (κ1) is 19.8. The molecule has 148 valence electrons. The molecule has 0 radical (unpaired) electrons. The van der Waals surface area contributed by atoms with Crippen molar-refractivity contribution in [3.8, 4) is 0 Å². The fourth-order valence-corrected chi connectivity index (χ4v) is 5.72. The molecule has 2 aliphatic rings. The van der Waals surface area contributed by atoms with E-state index in [0.717, 1.165) is 0 Å². The monoisotopic (exact) mass is 396 g/mol. The van der Waals surface area contributed by atoms with Crippen LogP contribution in [0.25, 0.3) is 0 Å². The predicted octanol–water partition coefficient (Wildman–Crippen LogP) is 2.22. The number of nitrogens with zero attached hydrogens (tertiary/aromatic N) is 1. The van der Waals surface area contributed by atoms with E-state index < -0.39 is 15.7 Å². The number of benzene rings is 1. The zero-order chi connectivity index (χ0) is 19.6. The van der Waals surface area contributed by atoms with Gasteiger partial charge in [-0.3, -0.25) is 9.59 Å². The van der Waals surface area contributed by atoms with Gasteiger partial charge in [-0.25, -0.2) is 12.8 Å². The van der Waals surface area contributed by atoms with E-state index in [-0.39, 0.29) is 46.9 Å². The normalized spacial score (nSPS) is 27.1. The topological polar surface area (TPSA) is 83.6 Å². The molecule has 6 nitrogen and oxygen atoms in total. The number of rotatable bonds is 4. The van der Waals surface area contributed by atoms with Gasteiger partial charge in [0.05, 0.1) is 17.2 Å². The van der Waals surface area contributed by atoms with Crippen molar-refractivity contribution in [2.75, 3.05) is 23.9 Å². The van der Waals surface area contributed by atoms with E-state index in [9.17, 15) is 22.4 Å². The summed E-state index contributed by atoms with van der Waals surface area (Å²) >= 11 is 0. The summed E-state index contributed by atoms with van der Waals surface area (Å²) in [6, 6.07) is 5.79. The molecule has 0 aromatic heterocycles. The van der Waals surface area contributed by atoms with E-state index >= 15 is 0 Å². The second-order valence-corrected chi connectivity index (χ2v) is 9.75. The number of anilines is 1. The van der Waals surface area contributed by atoms with Gasteiger partial charge in [0.1, 0.15) is 5.82 Å². The molecule has 2 amide bonds. The Hall–Kier alpha value is -1.96. The number of amides is 2. The zero-order valence-electron chi connectivity index (χ0n) is 15.4. The molecule has 0 spiro atoms. The standard InChI is InChI=1S/C19H25FN2O4S/c1-22(15-10-11-27(25,26)12-15)19(24)14-8-6-13(7-9-14)18(23)21-17-5-3-2-4-16(17)20/h2-5,13-15H,6-12H2,1H3,(H,21,23). The molecule has 1 aromatic carbocycles. The van der Waals surface area contributed by atoms with Gasteiger partial charge >= 0.3 is 0 Å².